The fraction of sp³-hybridized carbons (Fsp3) is 0.188. The zero-order valence-corrected chi connectivity index (χ0v) is 15.4. The summed E-state index contributed by atoms with van der Waals surface area (Å²) in [4.78, 5) is 11.9. The Kier molecular flexibility index (Phi) is 5.87. The molecule has 1 amide bonds. The minimum atomic E-state index is -3.86. The maximum atomic E-state index is 12.2. The summed E-state index contributed by atoms with van der Waals surface area (Å²) in [6, 6.07) is 9.56. The molecule has 2 aromatic rings. The molecule has 0 heterocycles. The standard InChI is InChI=1S/C16H16Cl2N2O3S/c1-10-3-4-11(2)15(7-10)20-16(21)9-19-24(22,23)12-5-6-13(17)14(18)8-12/h3-8,19H,9H2,1-2H3,(H,20,21). The van der Waals surface area contributed by atoms with Gasteiger partial charge >= 0.3 is 0 Å². The van der Waals surface area contributed by atoms with E-state index in [9.17, 15) is 13.2 Å². The third-order valence-corrected chi connectivity index (χ3v) is 5.43. The molecule has 0 saturated heterocycles. The van der Waals surface area contributed by atoms with Crippen LogP contribution in [0.1, 0.15) is 11.1 Å². The Bertz CT molecular complexity index is 883. The Balaban J connectivity index is 2.04. The minimum Gasteiger partial charge on any atom is -0.325 e. The monoisotopic (exact) mass is 386 g/mol. The van der Waals surface area contributed by atoms with Gasteiger partial charge in [-0.05, 0) is 49.2 Å². The van der Waals surface area contributed by atoms with E-state index in [-0.39, 0.29) is 14.9 Å². The summed E-state index contributed by atoms with van der Waals surface area (Å²) in [5.74, 6) is -0.465. The van der Waals surface area contributed by atoms with Crippen molar-refractivity contribution in [3.05, 3.63) is 57.6 Å². The average Bonchev–Trinajstić information content (AvgIpc) is 2.51. The largest absolute Gasteiger partial charge is 0.325 e. The number of amides is 1. The second-order valence-electron chi connectivity index (χ2n) is 5.27. The van der Waals surface area contributed by atoms with Crippen molar-refractivity contribution in [3.8, 4) is 0 Å². The molecule has 2 aromatic carbocycles. The fourth-order valence-corrected chi connectivity index (χ4v) is 3.32. The molecule has 0 atom stereocenters. The maximum absolute atomic E-state index is 12.2. The van der Waals surface area contributed by atoms with Gasteiger partial charge in [-0.2, -0.15) is 0 Å². The van der Waals surface area contributed by atoms with Crippen LogP contribution in [0, 0.1) is 13.8 Å². The Hall–Kier alpha value is -1.60. The summed E-state index contributed by atoms with van der Waals surface area (Å²) in [5.41, 5.74) is 2.53. The number of benzene rings is 2. The van der Waals surface area contributed by atoms with Crippen LogP contribution in [0.3, 0.4) is 0 Å². The van der Waals surface area contributed by atoms with Gasteiger partial charge in [0.1, 0.15) is 0 Å². The molecule has 0 aromatic heterocycles. The predicted octanol–water partition coefficient (Wildman–Crippen LogP) is 3.53. The summed E-state index contributed by atoms with van der Waals surface area (Å²) in [6.45, 7) is 3.37. The molecule has 0 bridgehead atoms. The molecule has 128 valence electrons. The third kappa shape index (κ3) is 4.70. The predicted molar refractivity (Wildman–Crippen MR) is 96.2 cm³/mol. The normalized spacial score (nSPS) is 11.3. The van der Waals surface area contributed by atoms with Crippen LogP contribution in [0.2, 0.25) is 10.0 Å². The summed E-state index contributed by atoms with van der Waals surface area (Å²) >= 11 is 11.6. The second-order valence-corrected chi connectivity index (χ2v) is 7.85. The third-order valence-electron chi connectivity index (χ3n) is 3.29. The van der Waals surface area contributed by atoms with E-state index in [1.54, 1.807) is 0 Å². The number of aryl methyl sites for hydroxylation is 2. The van der Waals surface area contributed by atoms with Crippen molar-refractivity contribution >= 4 is 44.8 Å². The lowest BCUT2D eigenvalue weighted by Crippen LogP contribution is -2.33. The van der Waals surface area contributed by atoms with Gasteiger partial charge in [-0.15, -0.1) is 0 Å². The van der Waals surface area contributed by atoms with Crippen LogP contribution in [0.15, 0.2) is 41.3 Å². The van der Waals surface area contributed by atoms with Crippen molar-refractivity contribution in [1.82, 2.24) is 4.72 Å². The number of rotatable bonds is 5. The van der Waals surface area contributed by atoms with Gasteiger partial charge in [-0.1, -0.05) is 35.3 Å². The number of carbonyl (C=O) groups excluding carboxylic acids is 1. The highest BCUT2D eigenvalue weighted by Gasteiger charge is 2.17. The topological polar surface area (TPSA) is 75.3 Å². The molecule has 0 spiro atoms. The van der Waals surface area contributed by atoms with Crippen LogP contribution in [-0.2, 0) is 14.8 Å². The summed E-state index contributed by atoms with van der Waals surface area (Å²) in [7, 11) is -3.86. The Morgan fingerprint density at radius 1 is 1.04 bits per heavy atom. The number of anilines is 1. The zero-order chi connectivity index (χ0) is 17.9. The van der Waals surface area contributed by atoms with Gasteiger partial charge in [-0.25, -0.2) is 13.1 Å². The molecule has 5 nitrogen and oxygen atoms in total. The van der Waals surface area contributed by atoms with Crippen LogP contribution in [0.25, 0.3) is 0 Å². The molecular weight excluding hydrogens is 371 g/mol. The molecular formula is C16H16Cl2N2O3S. The van der Waals surface area contributed by atoms with Crippen LogP contribution in [-0.4, -0.2) is 20.9 Å². The Morgan fingerprint density at radius 2 is 1.75 bits per heavy atom. The molecule has 0 aliphatic carbocycles. The zero-order valence-electron chi connectivity index (χ0n) is 13.1. The molecule has 0 radical (unpaired) electrons. The molecule has 0 unspecified atom stereocenters. The van der Waals surface area contributed by atoms with E-state index in [1.165, 1.54) is 18.2 Å². The van der Waals surface area contributed by atoms with E-state index in [0.717, 1.165) is 11.1 Å². The first-order valence-corrected chi connectivity index (χ1v) is 9.25. The van der Waals surface area contributed by atoms with Gasteiger partial charge < -0.3 is 5.32 Å². The molecule has 0 fully saturated rings. The average molecular weight is 387 g/mol. The summed E-state index contributed by atoms with van der Waals surface area (Å²) < 4.78 is 26.6. The lowest BCUT2D eigenvalue weighted by atomic mass is 10.1. The number of carbonyl (C=O) groups is 1. The molecule has 0 saturated carbocycles. The number of sulfonamides is 1. The molecule has 24 heavy (non-hydrogen) atoms. The first-order chi connectivity index (χ1) is 11.2. The fourth-order valence-electron chi connectivity index (χ4n) is 1.95. The number of hydrogen-bond donors (Lipinski definition) is 2. The molecule has 0 aliphatic rings. The highest BCUT2D eigenvalue weighted by atomic mass is 35.5. The number of nitrogens with one attached hydrogen (secondary N) is 2. The van der Waals surface area contributed by atoms with E-state index in [0.29, 0.717) is 5.69 Å². The van der Waals surface area contributed by atoms with E-state index >= 15 is 0 Å². The lowest BCUT2D eigenvalue weighted by molar-refractivity contribution is -0.115. The minimum absolute atomic E-state index is 0.0589. The summed E-state index contributed by atoms with van der Waals surface area (Å²) in [5, 5.41) is 3.06. The molecule has 8 heteroatoms. The second kappa shape index (κ2) is 7.53. The van der Waals surface area contributed by atoms with E-state index in [2.05, 4.69) is 10.0 Å². The maximum Gasteiger partial charge on any atom is 0.241 e. The molecule has 2 rings (SSSR count). The van der Waals surface area contributed by atoms with Gasteiger partial charge in [0.2, 0.25) is 15.9 Å². The first kappa shape index (κ1) is 18.7. The Morgan fingerprint density at radius 3 is 2.42 bits per heavy atom. The smallest absolute Gasteiger partial charge is 0.241 e. The lowest BCUT2D eigenvalue weighted by Gasteiger charge is -2.11. The van der Waals surface area contributed by atoms with Gasteiger partial charge in [0.15, 0.2) is 0 Å². The van der Waals surface area contributed by atoms with Crippen molar-refractivity contribution in [2.45, 2.75) is 18.7 Å². The van der Waals surface area contributed by atoms with Crippen molar-refractivity contribution < 1.29 is 13.2 Å². The SMILES string of the molecule is Cc1ccc(C)c(NC(=O)CNS(=O)(=O)c2ccc(Cl)c(Cl)c2)c1. The van der Waals surface area contributed by atoms with Crippen molar-refractivity contribution in [2.75, 3.05) is 11.9 Å². The molecule has 2 N–H and O–H groups in total. The number of hydrogen-bond acceptors (Lipinski definition) is 3. The van der Waals surface area contributed by atoms with Crippen molar-refractivity contribution in [1.29, 1.82) is 0 Å². The van der Waals surface area contributed by atoms with Gasteiger partial charge in [0, 0.05) is 5.69 Å². The van der Waals surface area contributed by atoms with Crippen LogP contribution >= 0.6 is 23.2 Å². The van der Waals surface area contributed by atoms with E-state index in [4.69, 9.17) is 23.2 Å². The number of halogens is 2. The highest BCUT2D eigenvalue weighted by molar-refractivity contribution is 7.89. The van der Waals surface area contributed by atoms with Crippen molar-refractivity contribution in [2.24, 2.45) is 0 Å². The van der Waals surface area contributed by atoms with Crippen LogP contribution in [0.5, 0.6) is 0 Å². The highest BCUT2D eigenvalue weighted by Crippen LogP contribution is 2.24. The van der Waals surface area contributed by atoms with Crippen LogP contribution < -0.4 is 10.0 Å². The first-order valence-electron chi connectivity index (χ1n) is 7.01. The van der Waals surface area contributed by atoms with Gasteiger partial charge in [0.05, 0.1) is 21.5 Å². The van der Waals surface area contributed by atoms with Crippen molar-refractivity contribution in [3.63, 3.8) is 0 Å². The van der Waals surface area contributed by atoms with E-state index in [1.807, 2.05) is 32.0 Å². The molecule has 0 aliphatic heterocycles. The van der Waals surface area contributed by atoms with Crippen LogP contribution in [0.4, 0.5) is 5.69 Å². The Labute approximate surface area is 151 Å². The quantitative estimate of drug-likeness (QED) is 0.824. The van der Waals surface area contributed by atoms with Gasteiger partial charge in [0.25, 0.3) is 0 Å². The van der Waals surface area contributed by atoms with E-state index < -0.39 is 22.5 Å². The summed E-state index contributed by atoms with van der Waals surface area (Å²) in [6.07, 6.45) is 0. The van der Waals surface area contributed by atoms with Gasteiger partial charge in [-0.3, -0.25) is 4.79 Å².